The Kier molecular flexibility index (Phi) is 41.6. The van der Waals surface area contributed by atoms with E-state index in [9.17, 15) is 0 Å². The Morgan fingerprint density at radius 3 is 1.29 bits per heavy atom. The molecule has 0 fully saturated rings. The van der Waals surface area contributed by atoms with Gasteiger partial charge in [0.25, 0.3) is 0 Å². The van der Waals surface area contributed by atoms with Crippen LogP contribution in [0, 0.1) is 20.2 Å². The van der Waals surface area contributed by atoms with E-state index in [0.29, 0.717) is 0 Å². The first-order chi connectivity index (χ1) is 2.73. The van der Waals surface area contributed by atoms with Crippen molar-refractivity contribution >= 4 is 0 Å². The first-order valence-electron chi connectivity index (χ1n) is 0.730. The molecule has 0 N–H and O–H groups in total. The van der Waals surface area contributed by atoms with E-state index in [4.69, 9.17) is 25.8 Å². The molecule has 0 bridgehead atoms. The van der Waals surface area contributed by atoms with Gasteiger partial charge in [0.1, 0.15) is 0 Å². The fourth-order valence-corrected chi connectivity index (χ4v) is 0. The molecule has 0 aromatic heterocycles. The molecule has 0 saturated heterocycles. The summed E-state index contributed by atoms with van der Waals surface area (Å²) >= 11 is 0. The van der Waals surface area contributed by atoms with Crippen molar-refractivity contribution in [2.24, 2.45) is 0 Å². The molecular weight excluding hydrogens is 193 g/mol. The van der Waals surface area contributed by atoms with E-state index >= 15 is 0 Å². The topological polar surface area (TPSA) is 106 Å². The molecule has 0 unspecified atom stereocenters. The number of nitroso groups, excluding NO2 is 1. The van der Waals surface area contributed by atoms with Gasteiger partial charge in [-0.1, -0.05) is 0 Å². The third-order valence-electron chi connectivity index (χ3n) is 0. The summed E-state index contributed by atoms with van der Waals surface area (Å²) in [6.45, 7) is 0. The van der Waals surface area contributed by atoms with Crippen LogP contribution in [-0.4, -0.2) is 5.09 Å². The van der Waals surface area contributed by atoms with Crippen molar-refractivity contribution in [1.29, 1.82) is 0 Å². The fraction of sp³-hybridized carbons (Fsp3) is 0. The number of hydrogen-bond donors (Lipinski definition) is 0. The van der Waals surface area contributed by atoms with E-state index < -0.39 is 5.09 Å². The van der Waals surface area contributed by atoms with Gasteiger partial charge in [0.15, 0.2) is 0 Å². The van der Waals surface area contributed by atoms with Crippen molar-refractivity contribution in [3.05, 3.63) is 25.8 Å². The summed E-state index contributed by atoms with van der Waals surface area (Å²) in [5.41, 5.74) is 5.75. The Morgan fingerprint density at radius 1 is 1.29 bits per heavy atom. The van der Waals surface area contributed by atoms with Crippen LogP contribution in [0.2, 0.25) is 0 Å². The standard InChI is InChI=1S/NO3.NO.Ru/c2-1(3)4;1-2;/q2*-1;+4. The van der Waals surface area contributed by atoms with Gasteiger partial charge in [-0.2, -0.15) is 0 Å². The van der Waals surface area contributed by atoms with E-state index in [1.807, 2.05) is 0 Å². The monoisotopic (exact) mass is 194 g/mol. The second-order valence-corrected chi connectivity index (χ2v) is 0.224. The third kappa shape index (κ3) is 191. The Morgan fingerprint density at radius 2 is 1.29 bits per heavy atom. The van der Waals surface area contributed by atoms with Crippen LogP contribution in [0.3, 0.4) is 0 Å². The summed E-state index contributed by atoms with van der Waals surface area (Å²) in [4.78, 5) is 15.5. The summed E-state index contributed by atoms with van der Waals surface area (Å²) in [7, 11) is 0. The first-order valence-corrected chi connectivity index (χ1v) is 0.730. The Bertz CT molecular complexity index is 41.0. The summed E-state index contributed by atoms with van der Waals surface area (Å²) < 4.78 is 0. The van der Waals surface area contributed by atoms with Gasteiger partial charge >= 0.3 is 19.5 Å². The number of hydrogen-bond acceptors (Lipinski definition) is 4. The third-order valence-corrected chi connectivity index (χ3v) is 0. The number of rotatable bonds is 0. The zero-order chi connectivity index (χ0) is 5.58. The van der Waals surface area contributed by atoms with Gasteiger partial charge in [-0.25, -0.2) is 0 Å². The maximum Gasteiger partial charge on any atom is 4.00 e. The van der Waals surface area contributed by atoms with E-state index in [0.717, 1.165) is 0 Å². The average molecular weight is 193 g/mol. The van der Waals surface area contributed by atoms with E-state index in [1.54, 1.807) is 0 Å². The summed E-state index contributed by atoms with van der Waals surface area (Å²) in [5, 5.41) is 14.8. The molecule has 40 valence electrons. The van der Waals surface area contributed by atoms with Crippen LogP contribution in [-0.2, 0) is 19.5 Å². The minimum atomic E-state index is -1.75. The van der Waals surface area contributed by atoms with E-state index in [2.05, 4.69) is 0 Å². The van der Waals surface area contributed by atoms with Crippen molar-refractivity contribution in [1.82, 2.24) is 0 Å². The zero-order valence-corrected chi connectivity index (χ0v) is 4.62. The van der Waals surface area contributed by atoms with Crippen molar-refractivity contribution in [2.75, 3.05) is 0 Å². The summed E-state index contributed by atoms with van der Waals surface area (Å²) in [5.74, 6) is 0. The molecule has 0 aromatic carbocycles. The van der Waals surface area contributed by atoms with Crippen molar-refractivity contribution in [3.8, 4) is 0 Å². The maximum absolute atomic E-state index is 8.25. The molecule has 0 radical (unpaired) electrons. The van der Waals surface area contributed by atoms with Gasteiger partial charge < -0.3 is 25.8 Å². The molecule has 0 amide bonds. The van der Waals surface area contributed by atoms with Gasteiger partial charge in [-0.05, 0) is 0 Å². The molecule has 6 nitrogen and oxygen atoms in total. The van der Waals surface area contributed by atoms with Crippen molar-refractivity contribution in [3.63, 3.8) is 0 Å². The quantitative estimate of drug-likeness (QED) is 0.308. The van der Waals surface area contributed by atoms with Crippen LogP contribution in [0.15, 0.2) is 0 Å². The van der Waals surface area contributed by atoms with Crippen LogP contribution < -0.4 is 0 Å². The zero-order valence-electron chi connectivity index (χ0n) is 2.88. The minimum absolute atomic E-state index is 0. The normalized spacial score (nSPS) is 4.00. The maximum atomic E-state index is 8.25. The smallest absolute Gasteiger partial charge is 0.577 e. The Hall–Kier alpha value is -0.577. The molecule has 7 heavy (non-hydrogen) atoms. The first kappa shape index (κ1) is 16.1. The molecule has 0 spiro atoms. The summed E-state index contributed by atoms with van der Waals surface area (Å²) in [6.07, 6.45) is 0. The van der Waals surface area contributed by atoms with Crippen LogP contribution in [0.25, 0.3) is 5.59 Å². The molecule has 0 aliphatic heterocycles. The molecule has 0 aromatic rings. The molecule has 0 rings (SSSR count). The number of nitrogens with zero attached hydrogens (tertiary/aromatic N) is 2. The fourth-order valence-electron chi connectivity index (χ4n) is 0. The second-order valence-electron chi connectivity index (χ2n) is 0.224. The van der Waals surface area contributed by atoms with Crippen molar-refractivity contribution < 1.29 is 24.6 Å². The predicted octanol–water partition coefficient (Wildman–Crippen LogP) is 0.0806. The minimum Gasteiger partial charge on any atom is -0.577 e. The molecule has 0 aliphatic rings. The van der Waals surface area contributed by atoms with E-state index in [1.165, 1.54) is 0 Å². The van der Waals surface area contributed by atoms with Crippen molar-refractivity contribution in [2.45, 2.75) is 0 Å². The largest absolute Gasteiger partial charge is 4.00 e. The molecule has 0 saturated carbocycles. The molecule has 0 aliphatic carbocycles. The van der Waals surface area contributed by atoms with Gasteiger partial charge in [0, 0.05) is 0 Å². The Labute approximate surface area is 51.1 Å². The average Bonchev–Trinajstić information content (AvgIpc) is 1.41. The van der Waals surface area contributed by atoms with Gasteiger partial charge in [0.05, 0.1) is 5.09 Å². The Balaban J connectivity index is -0.0000000480. The molecule has 0 heterocycles. The SMILES string of the molecule is O=[N+]([O-])[O-].[N-]=O.[Ru+4]. The predicted molar refractivity (Wildman–Crippen MR) is 17.1 cm³/mol. The summed E-state index contributed by atoms with van der Waals surface area (Å²) in [6, 6.07) is 0. The van der Waals surface area contributed by atoms with Crippen LogP contribution in [0.4, 0.5) is 0 Å². The van der Waals surface area contributed by atoms with Crippen LogP contribution in [0.5, 0.6) is 0 Å². The van der Waals surface area contributed by atoms with Gasteiger partial charge in [0.2, 0.25) is 0 Å². The molecular formula is N2O4Ru+2. The second kappa shape index (κ2) is 18.1. The van der Waals surface area contributed by atoms with Crippen LogP contribution in [0.1, 0.15) is 0 Å². The molecule has 0 atom stereocenters. The van der Waals surface area contributed by atoms with Gasteiger partial charge in [-0.3, -0.25) is 0 Å². The van der Waals surface area contributed by atoms with Crippen LogP contribution >= 0.6 is 0 Å². The van der Waals surface area contributed by atoms with E-state index in [-0.39, 0.29) is 19.5 Å². The van der Waals surface area contributed by atoms with Gasteiger partial charge in [-0.15, -0.1) is 0 Å². The molecule has 7 heteroatoms.